The molecule has 0 N–H and O–H groups in total. The molecule has 5 heteroatoms. The minimum Gasteiger partial charge on any atom is -0.289 e. The van der Waals surface area contributed by atoms with Gasteiger partial charge >= 0.3 is 0 Å². The van der Waals surface area contributed by atoms with Gasteiger partial charge in [-0.05, 0) is 31.4 Å². The smallest absolute Gasteiger partial charge is 0.185 e. The monoisotopic (exact) mass is 282 g/mol. The highest BCUT2D eigenvalue weighted by Gasteiger charge is 2.20. The van der Waals surface area contributed by atoms with Gasteiger partial charge < -0.3 is 0 Å². The first-order chi connectivity index (χ1) is 10.1. The van der Waals surface area contributed by atoms with Crippen molar-refractivity contribution in [3.63, 3.8) is 0 Å². The second-order valence-corrected chi connectivity index (χ2v) is 5.42. The van der Waals surface area contributed by atoms with E-state index in [-0.39, 0.29) is 5.78 Å². The number of aromatic nitrogens is 4. The van der Waals surface area contributed by atoms with Crippen LogP contribution in [0, 0.1) is 0 Å². The third kappa shape index (κ3) is 3.02. The van der Waals surface area contributed by atoms with E-state index in [0.717, 1.165) is 41.5 Å². The molecule has 1 fully saturated rings. The van der Waals surface area contributed by atoms with Crippen molar-refractivity contribution < 1.29 is 4.79 Å². The van der Waals surface area contributed by atoms with Crippen LogP contribution in [0.5, 0.6) is 0 Å². The summed E-state index contributed by atoms with van der Waals surface area (Å²) in [5.74, 6) is 0.147. The van der Waals surface area contributed by atoms with E-state index in [9.17, 15) is 4.79 Å². The van der Waals surface area contributed by atoms with Crippen LogP contribution < -0.4 is 0 Å². The summed E-state index contributed by atoms with van der Waals surface area (Å²) in [4.78, 5) is 12.6. The van der Waals surface area contributed by atoms with E-state index in [1.54, 1.807) is 21.8 Å². The van der Waals surface area contributed by atoms with Crippen molar-refractivity contribution in [2.45, 2.75) is 19.3 Å². The Balaban J connectivity index is 1.87. The van der Waals surface area contributed by atoms with Crippen molar-refractivity contribution in [2.24, 2.45) is 14.1 Å². The highest BCUT2D eigenvalue weighted by Crippen LogP contribution is 2.27. The van der Waals surface area contributed by atoms with Gasteiger partial charge in [0, 0.05) is 48.8 Å². The molecule has 5 nitrogen and oxygen atoms in total. The maximum absolute atomic E-state index is 12.6. The fraction of sp³-hybridized carbons (Fsp3) is 0.312. The zero-order chi connectivity index (χ0) is 14.8. The van der Waals surface area contributed by atoms with Crippen molar-refractivity contribution in [1.29, 1.82) is 0 Å². The van der Waals surface area contributed by atoms with E-state index in [0.29, 0.717) is 0 Å². The number of carbonyl (C=O) groups excluding carboxylic acids is 1. The van der Waals surface area contributed by atoms with E-state index < -0.39 is 0 Å². The first-order valence-corrected chi connectivity index (χ1v) is 7.05. The lowest BCUT2D eigenvalue weighted by Gasteiger charge is -2.16. The summed E-state index contributed by atoms with van der Waals surface area (Å²) in [6.45, 7) is 0. The Kier molecular flexibility index (Phi) is 3.56. The Bertz CT molecular complexity index is 673. The zero-order valence-electron chi connectivity index (χ0n) is 12.3. The molecule has 0 radical (unpaired) electrons. The van der Waals surface area contributed by atoms with Crippen molar-refractivity contribution in [3.05, 3.63) is 47.1 Å². The molecule has 0 aromatic carbocycles. The predicted molar refractivity (Wildman–Crippen MR) is 81.2 cm³/mol. The molecule has 108 valence electrons. The predicted octanol–water partition coefficient (Wildman–Crippen LogP) is 2.37. The molecule has 1 saturated carbocycles. The van der Waals surface area contributed by atoms with Gasteiger partial charge in [0.25, 0.3) is 0 Å². The number of Topliss-reactive ketones (excluding diaryl/α,β-unsaturated/α-hetero) is 1. The van der Waals surface area contributed by atoms with E-state index in [1.165, 1.54) is 0 Å². The molecule has 0 atom stereocenters. The van der Waals surface area contributed by atoms with E-state index in [2.05, 4.69) is 10.2 Å². The lowest BCUT2D eigenvalue weighted by molar-refractivity contribution is -0.112. The van der Waals surface area contributed by atoms with Crippen LogP contribution in [-0.2, 0) is 18.9 Å². The Labute approximate surface area is 123 Å². The van der Waals surface area contributed by atoms with Crippen molar-refractivity contribution >= 4 is 17.9 Å². The second-order valence-electron chi connectivity index (χ2n) is 5.42. The molecule has 21 heavy (non-hydrogen) atoms. The fourth-order valence-corrected chi connectivity index (χ4v) is 2.61. The van der Waals surface area contributed by atoms with Gasteiger partial charge in [-0.1, -0.05) is 0 Å². The van der Waals surface area contributed by atoms with Gasteiger partial charge in [0.05, 0.1) is 12.4 Å². The Morgan fingerprint density at radius 1 is 0.952 bits per heavy atom. The van der Waals surface area contributed by atoms with Gasteiger partial charge in [0.2, 0.25) is 0 Å². The number of ketones is 1. The maximum Gasteiger partial charge on any atom is 0.185 e. The third-order valence-corrected chi connectivity index (χ3v) is 3.61. The lowest BCUT2D eigenvalue weighted by atomic mass is 9.87. The highest BCUT2D eigenvalue weighted by molar-refractivity contribution is 6.13. The van der Waals surface area contributed by atoms with Crippen LogP contribution in [0.25, 0.3) is 12.2 Å². The number of rotatable bonds is 2. The van der Waals surface area contributed by atoms with Gasteiger partial charge in [0.15, 0.2) is 5.78 Å². The third-order valence-electron chi connectivity index (χ3n) is 3.61. The van der Waals surface area contributed by atoms with Gasteiger partial charge in [-0.3, -0.25) is 14.2 Å². The van der Waals surface area contributed by atoms with Crippen LogP contribution in [0.15, 0.2) is 35.9 Å². The molecule has 0 bridgehead atoms. The summed E-state index contributed by atoms with van der Waals surface area (Å²) >= 11 is 0. The Morgan fingerprint density at radius 3 is 1.81 bits per heavy atom. The average molecular weight is 282 g/mol. The first-order valence-electron chi connectivity index (χ1n) is 7.05. The normalized spacial score (nSPS) is 19.6. The largest absolute Gasteiger partial charge is 0.289 e. The standard InChI is InChI=1S/C16H18N4O/c1-19-10-12(8-17-19)6-14-4-3-5-15(16(14)21)7-13-9-18-20(2)11-13/h6-11H,3-5H2,1-2H3/b14-6+,15-7+. The van der Waals surface area contributed by atoms with Crippen LogP contribution in [0.4, 0.5) is 0 Å². The SMILES string of the molecule is Cn1cc(/C=C2\CCC/C(=C\c3cnn(C)c3)C2=O)cn1. The lowest BCUT2D eigenvalue weighted by Crippen LogP contribution is -2.12. The number of aryl methyl sites for hydroxylation is 2. The summed E-state index contributed by atoms with van der Waals surface area (Å²) in [6, 6.07) is 0. The van der Waals surface area contributed by atoms with Crippen LogP contribution in [0.2, 0.25) is 0 Å². The summed E-state index contributed by atoms with van der Waals surface area (Å²) in [7, 11) is 3.75. The van der Waals surface area contributed by atoms with E-state index in [1.807, 2.05) is 38.6 Å². The number of hydrogen-bond acceptors (Lipinski definition) is 3. The van der Waals surface area contributed by atoms with Gasteiger partial charge in [-0.2, -0.15) is 10.2 Å². The number of allylic oxidation sites excluding steroid dienone is 2. The first kappa shape index (κ1) is 13.5. The fourth-order valence-electron chi connectivity index (χ4n) is 2.61. The minimum absolute atomic E-state index is 0.147. The molecule has 3 rings (SSSR count). The average Bonchev–Trinajstić information content (AvgIpc) is 3.03. The maximum atomic E-state index is 12.6. The molecule has 2 aromatic heterocycles. The van der Waals surface area contributed by atoms with Crippen molar-refractivity contribution in [1.82, 2.24) is 19.6 Å². The van der Waals surface area contributed by atoms with Gasteiger partial charge in [-0.15, -0.1) is 0 Å². The zero-order valence-corrected chi connectivity index (χ0v) is 12.3. The number of hydrogen-bond donors (Lipinski definition) is 0. The molecule has 0 spiro atoms. The van der Waals surface area contributed by atoms with Crippen LogP contribution in [0.3, 0.4) is 0 Å². The van der Waals surface area contributed by atoms with E-state index >= 15 is 0 Å². The molecular weight excluding hydrogens is 264 g/mol. The molecular formula is C16H18N4O. The highest BCUT2D eigenvalue weighted by atomic mass is 16.1. The summed E-state index contributed by atoms with van der Waals surface area (Å²) < 4.78 is 3.48. The summed E-state index contributed by atoms with van der Waals surface area (Å²) in [5, 5.41) is 8.26. The number of carbonyl (C=O) groups is 1. The quantitative estimate of drug-likeness (QED) is 0.795. The van der Waals surface area contributed by atoms with Crippen molar-refractivity contribution in [2.75, 3.05) is 0 Å². The molecule has 2 heterocycles. The summed E-state index contributed by atoms with van der Waals surface area (Å²) in [6.07, 6.45) is 14.0. The molecule has 1 aliphatic rings. The molecule has 0 unspecified atom stereocenters. The van der Waals surface area contributed by atoms with E-state index in [4.69, 9.17) is 0 Å². The van der Waals surface area contributed by atoms with Gasteiger partial charge in [-0.25, -0.2) is 0 Å². The molecule has 2 aromatic rings. The minimum atomic E-state index is 0.147. The summed E-state index contributed by atoms with van der Waals surface area (Å²) in [5.41, 5.74) is 3.68. The van der Waals surface area contributed by atoms with Crippen molar-refractivity contribution in [3.8, 4) is 0 Å². The molecule has 1 aliphatic carbocycles. The van der Waals surface area contributed by atoms with Crippen LogP contribution >= 0.6 is 0 Å². The second kappa shape index (κ2) is 5.52. The number of nitrogens with zero attached hydrogens (tertiary/aromatic N) is 4. The van der Waals surface area contributed by atoms with Gasteiger partial charge in [0.1, 0.15) is 0 Å². The molecule has 0 amide bonds. The Morgan fingerprint density at radius 2 is 1.43 bits per heavy atom. The van der Waals surface area contributed by atoms with Crippen LogP contribution in [0.1, 0.15) is 30.4 Å². The van der Waals surface area contributed by atoms with Crippen LogP contribution in [-0.4, -0.2) is 25.3 Å². The molecule has 0 saturated heterocycles. The Hall–Kier alpha value is -2.43. The topological polar surface area (TPSA) is 52.7 Å². The molecule has 0 aliphatic heterocycles.